The predicted molar refractivity (Wildman–Crippen MR) is 231 cm³/mol. The summed E-state index contributed by atoms with van der Waals surface area (Å²) >= 11 is 0. The van der Waals surface area contributed by atoms with Gasteiger partial charge in [0.1, 0.15) is 5.71 Å². The second-order valence-electron chi connectivity index (χ2n) is 13.9. The molecule has 0 saturated carbocycles. The van der Waals surface area contributed by atoms with E-state index in [0.717, 1.165) is 50.0 Å². The summed E-state index contributed by atoms with van der Waals surface area (Å²) in [5.74, 6) is 0. The maximum absolute atomic E-state index is 9.14. The first-order chi connectivity index (χ1) is 27.2. The van der Waals surface area contributed by atoms with Gasteiger partial charge in [-0.25, -0.2) is 0 Å². The molecule has 0 bridgehead atoms. The molecule has 0 saturated heterocycles. The number of nitrogens with one attached hydrogen (secondary N) is 2. The van der Waals surface area contributed by atoms with Gasteiger partial charge >= 0.3 is 0 Å². The zero-order valence-corrected chi connectivity index (χ0v) is 29.9. The first-order valence-electron chi connectivity index (χ1n) is 18.5. The van der Waals surface area contributed by atoms with E-state index in [2.05, 4.69) is 162 Å². The molecule has 4 heteroatoms. The Kier molecular flexibility index (Phi) is 7.93. The second-order valence-corrected chi connectivity index (χ2v) is 13.9. The summed E-state index contributed by atoms with van der Waals surface area (Å²) < 4.78 is 0. The highest BCUT2D eigenvalue weighted by atomic mass is 15.3. The summed E-state index contributed by atoms with van der Waals surface area (Å²) in [7, 11) is 0. The minimum atomic E-state index is 0.359. The quantitative estimate of drug-likeness (QED) is 0.134. The Bertz CT molecular complexity index is 2930. The highest BCUT2D eigenvalue weighted by Crippen LogP contribution is 2.44. The molecule has 0 aliphatic heterocycles. The van der Waals surface area contributed by atoms with Gasteiger partial charge in [-0.05, 0) is 89.7 Å². The van der Waals surface area contributed by atoms with Crippen LogP contribution in [0.3, 0.4) is 0 Å². The Balaban J connectivity index is 0.978. The number of hydrazone groups is 1. The average Bonchev–Trinajstić information content (AvgIpc) is 3.25. The third-order valence-electron chi connectivity index (χ3n) is 10.7. The normalized spacial score (nSPS) is 13.3. The Morgan fingerprint density at radius 1 is 0.418 bits per heavy atom. The van der Waals surface area contributed by atoms with Crippen molar-refractivity contribution < 1.29 is 0 Å². The maximum atomic E-state index is 9.14. The predicted octanol–water partition coefficient (Wildman–Crippen LogP) is 12.8. The van der Waals surface area contributed by atoms with Crippen LogP contribution in [0.25, 0.3) is 71.3 Å². The summed E-state index contributed by atoms with van der Waals surface area (Å²) in [6.45, 7) is 0. The van der Waals surface area contributed by atoms with E-state index in [-0.39, 0.29) is 0 Å². The SMILES string of the molecule is N=C1C=C(c2ccc(-c3c4ccccc4c(-c4ccccc4)c4ccccc34)cc2)c2ccccc2/C1=N/Nc1ccc(-c2cncc3ccccc23)cc1. The molecule has 0 radical (unpaired) electrons. The van der Waals surface area contributed by atoms with Gasteiger partial charge in [0.05, 0.1) is 11.4 Å². The van der Waals surface area contributed by atoms with Crippen LogP contribution in [-0.2, 0) is 0 Å². The number of hydrogen-bond acceptors (Lipinski definition) is 4. The maximum Gasteiger partial charge on any atom is 0.116 e. The van der Waals surface area contributed by atoms with Crippen molar-refractivity contribution in [1.82, 2.24) is 4.98 Å². The van der Waals surface area contributed by atoms with Crippen LogP contribution in [0, 0.1) is 5.41 Å². The van der Waals surface area contributed by atoms with Gasteiger partial charge in [-0.15, -0.1) is 0 Å². The van der Waals surface area contributed by atoms with Crippen molar-refractivity contribution in [2.75, 3.05) is 5.43 Å². The molecule has 1 aliphatic rings. The number of nitrogens with zero attached hydrogens (tertiary/aromatic N) is 2. The molecule has 1 aromatic heterocycles. The molecule has 2 N–H and O–H groups in total. The lowest BCUT2D eigenvalue weighted by Crippen LogP contribution is -2.21. The van der Waals surface area contributed by atoms with Gasteiger partial charge in [-0.2, -0.15) is 5.10 Å². The fourth-order valence-electron chi connectivity index (χ4n) is 8.08. The molecule has 1 aliphatic carbocycles. The van der Waals surface area contributed by atoms with E-state index in [1.54, 1.807) is 0 Å². The van der Waals surface area contributed by atoms with Crippen molar-refractivity contribution in [3.8, 4) is 33.4 Å². The van der Waals surface area contributed by atoms with Gasteiger partial charge in [0.2, 0.25) is 0 Å². The smallest absolute Gasteiger partial charge is 0.116 e. The van der Waals surface area contributed by atoms with Gasteiger partial charge in [0.15, 0.2) is 0 Å². The van der Waals surface area contributed by atoms with Gasteiger partial charge < -0.3 is 0 Å². The van der Waals surface area contributed by atoms with E-state index in [9.17, 15) is 0 Å². The van der Waals surface area contributed by atoms with Crippen molar-refractivity contribution in [2.45, 2.75) is 0 Å². The summed E-state index contributed by atoms with van der Waals surface area (Å²) in [6.07, 6.45) is 5.75. The van der Waals surface area contributed by atoms with Crippen molar-refractivity contribution in [2.24, 2.45) is 5.10 Å². The van der Waals surface area contributed by atoms with Crippen LogP contribution >= 0.6 is 0 Å². The molecule has 10 rings (SSSR count). The number of rotatable bonds is 6. The molecule has 258 valence electrons. The second kappa shape index (κ2) is 13.5. The van der Waals surface area contributed by atoms with Crippen molar-refractivity contribution in [3.05, 3.63) is 211 Å². The third kappa shape index (κ3) is 5.68. The third-order valence-corrected chi connectivity index (χ3v) is 10.7. The molecule has 0 unspecified atom stereocenters. The van der Waals surface area contributed by atoms with Crippen molar-refractivity contribution >= 4 is 55.0 Å². The topological polar surface area (TPSA) is 61.1 Å². The lowest BCUT2D eigenvalue weighted by molar-refractivity contribution is 1.32. The number of benzene rings is 8. The van der Waals surface area contributed by atoms with E-state index >= 15 is 0 Å². The Morgan fingerprint density at radius 3 is 1.58 bits per heavy atom. The monoisotopic (exact) mass is 702 g/mol. The fourth-order valence-corrected chi connectivity index (χ4v) is 8.08. The largest absolute Gasteiger partial charge is 0.299 e. The molecule has 55 heavy (non-hydrogen) atoms. The minimum Gasteiger partial charge on any atom is -0.299 e. The molecular formula is C51H34N4. The van der Waals surface area contributed by atoms with Crippen LogP contribution in [0.15, 0.2) is 199 Å². The zero-order valence-electron chi connectivity index (χ0n) is 29.9. The van der Waals surface area contributed by atoms with Crippen LogP contribution in [0.5, 0.6) is 0 Å². The van der Waals surface area contributed by atoms with Gasteiger partial charge in [0, 0.05) is 28.9 Å². The lowest BCUT2D eigenvalue weighted by Gasteiger charge is -2.21. The van der Waals surface area contributed by atoms with Crippen LogP contribution in [0.4, 0.5) is 5.69 Å². The van der Waals surface area contributed by atoms with Crippen LogP contribution in [0.1, 0.15) is 16.7 Å². The summed E-state index contributed by atoms with van der Waals surface area (Å²) in [5.41, 5.74) is 16.1. The lowest BCUT2D eigenvalue weighted by atomic mass is 9.83. The summed E-state index contributed by atoms with van der Waals surface area (Å²) in [6, 6.07) is 61.7. The molecular weight excluding hydrogens is 669 g/mol. The van der Waals surface area contributed by atoms with E-state index < -0.39 is 0 Å². The molecule has 1 heterocycles. The van der Waals surface area contributed by atoms with E-state index in [1.165, 1.54) is 43.6 Å². The van der Waals surface area contributed by atoms with E-state index in [1.807, 2.05) is 42.7 Å². The molecule has 0 amide bonds. The van der Waals surface area contributed by atoms with Gasteiger partial charge in [-0.3, -0.25) is 15.8 Å². The molecule has 0 fully saturated rings. The number of anilines is 1. The molecule has 0 atom stereocenters. The summed E-state index contributed by atoms with van der Waals surface area (Å²) in [4.78, 5) is 4.45. The Hall–Kier alpha value is -7.43. The van der Waals surface area contributed by atoms with Crippen molar-refractivity contribution in [3.63, 3.8) is 0 Å². The van der Waals surface area contributed by atoms with Crippen LogP contribution in [-0.4, -0.2) is 16.4 Å². The highest BCUT2D eigenvalue weighted by molar-refractivity contribution is 6.54. The Labute approximate surface area is 319 Å². The molecule has 0 spiro atoms. The Morgan fingerprint density at radius 2 is 0.927 bits per heavy atom. The number of hydrogen-bond donors (Lipinski definition) is 2. The number of pyridine rings is 1. The number of allylic oxidation sites excluding steroid dienone is 1. The minimum absolute atomic E-state index is 0.359. The van der Waals surface area contributed by atoms with Crippen molar-refractivity contribution in [1.29, 1.82) is 5.41 Å². The first kappa shape index (κ1) is 32.2. The summed E-state index contributed by atoms with van der Waals surface area (Å²) in [5, 5.41) is 21.1. The van der Waals surface area contributed by atoms with Crippen LogP contribution in [0.2, 0.25) is 0 Å². The number of fused-ring (bicyclic) bond motifs is 4. The molecule has 8 aromatic carbocycles. The van der Waals surface area contributed by atoms with E-state index in [4.69, 9.17) is 10.5 Å². The average molecular weight is 703 g/mol. The fraction of sp³-hybridized carbons (Fsp3) is 0. The number of aromatic nitrogens is 1. The van der Waals surface area contributed by atoms with E-state index in [0.29, 0.717) is 11.4 Å². The van der Waals surface area contributed by atoms with Crippen LogP contribution < -0.4 is 5.43 Å². The molecule has 4 nitrogen and oxygen atoms in total. The first-order valence-corrected chi connectivity index (χ1v) is 18.5. The van der Waals surface area contributed by atoms with Gasteiger partial charge in [-0.1, -0.05) is 164 Å². The van der Waals surface area contributed by atoms with Gasteiger partial charge in [0.25, 0.3) is 0 Å². The zero-order chi connectivity index (χ0) is 36.7. The highest BCUT2D eigenvalue weighted by Gasteiger charge is 2.23. The standard InChI is InChI=1S/C51H34N4/c52-48-30-46(40-16-6-11-21-45(40)51(48)55-54-38-28-26-34(27-29-38)47-32-53-31-37-14-4-5-15-39(37)47)33-22-24-36(25-23-33)50-43-19-9-7-17-41(43)49(35-12-2-1-3-13-35)42-18-8-10-20-44(42)50/h1-32,52,54H/b52-48?,55-51-. The molecule has 9 aromatic rings.